The average Bonchev–Trinajstić information content (AvgIpc) is 3.49. The number of halogens is 2. The van der Waals surface area contributed by atoms with Crippen molar-refractivity contribution in [3.8, 4) is 11.3 Å². The molecule has 8 nitrogen and oxygen atoms in total. The molecule has 0 radical (unpaired) electrons. The highest BCUT2D eigenvalue weighted by Gasteiger charge is 2.42. The standard InChI is InChI=1S/C32H40F2N4O4/c1-31(2,3)27(35-15-21-17-38(18-24(21)29(39)40)30(41)42-32(4,5)6)28-36-26(23-14-22(33)12-13-25(23)34)19-37(28)16-20-10-8-7-9-11-20/h7-14,19,21,24,27,35H,15-18H2,1-6H3,(H,39,40)/t21?,24?,27-/m0/s1. The van der Waals surface area contributed by atoms with Crippen molar-refractivity contribution in [2.24, 2.45) is 17.3 Å². The summed E-state index contributed by atoms with van der Waals surface area (Å²) in [6.45, 7) is 12.4. The highest BCUT2D eigenvalue weighted by atomic mass is 19.1. The number of carboxylic acids is 1. The van der Waals surface area contributed by atoms with Gasteiger partial charge in [-0.15, -0.1) is 0 Å². The molecule has 3 aromatic rings. The van der Waals surface area contributed by atoms with E-state index >= 15 is 0 Å². The zero-order valence-corrected chi connectivity index (χ0v) is 25.0. The van der Waals surface area contributed by atoms with Crippen molar-refractivity contribution in [2.45, 2.75) is 59.7 Å². The number of rotatable bonds is 8. The zero-order chi connectivity index (χ0) is 30.8. The van der Waals surface area contributed by atoms with Crippen LogP contribution in [0.25, 0.3) is 11.3 Å². The van der Waals surface area contributed by atoms with Crippen LogP contribution in [-0.4, -0.2) is 56.9 Å². The number of hydrogen-bond donors (Lipinski definition) is 2. The normalized spacial score (nSPS) is 18.2. The minimum Gasteiger partial charge on any atom is -0.481 e. The number of ether oxygens (including phenoxy) is 1. The fourth-order valence-corrected chi connectivity index (χ4v) is 5.28. The summed E-state index contributed by atoms with van der Waals surface area (Å²) in [5, 5.41) is 13.5. The molecule has 3 atom stereocenters. The summed E-state index contributed by atoms with van der Waals surface area (Å²) in [7, 11) is 0. The summed E-state index contributed by atoms with van der Waals surface area (Å²) in [4.78, 5) is 31.2. The van der Waals surface area contributed by atoms with Crippen LogP contribution in [0.1, 0.15) is 59.0 Å². The highest BCUT2D eigenvalue weighted by Crippen LogP contribution is 2.36. The monoisotopic (exact) mass is 582 g/mol. The van der Waals surface area contributed by atoms with Crippen molar-refractivity contribution >= 4 is 12.1 Å². The van der Waals surface area contributed by atoms with Crippen molar-refractivity contribution in [3.63, 3.8) is 0 Å². The van der Waals surface area contributed by atoms with Crippen molar-refractivity contribution < 1.29 is 28.2 Å². The number of amides is 1. The maximum absolute atomic E-state index is 14.8. The first-order valence-corrected chi connectivity index (χ1v) is 14.1. The number of hydrogen-bond acceptors (Lipinski definition) is 5. The Morgan fingerprint density at radius 3 is 2.38 bits per heavy atom. The number of carboxylic acid groups (broad SMARTS) is 1. The Kier molecular flexibility index (Phi) is 9.06. The van der Waals surface area contributed by atoms with E-state index in [-0.39, 0.29) is 24.6 Å². The molecule has 2 N–H and O–H groups in total. The number of aliphatic carboxylic acids is 1. The Bertz CT molecular complexity index is 1410. The third-order valence-corrected chi connectivity index (χ3v) is 7.33. The van der Waals surface area contributed by atoms with Gasteiger partial charge in [-0.3, -0.25) is 4.79 Å². The van der Waals surface area contributed by atoms with Crippen molar-refractivity contribution in [1.29, 1.82) is 0 Å². The molecule has 1 aromatic heterocycles. The summed E-state index contributed by atoms with van der Waals surface area (Å²) in [5.74, 6) is -2.66. The molecule has 1 aliphatic rings. The third kappa shape index (κ3) is 7.53. The number of aromatic nitrogens is 2. The molecule has 4 rings (SSSR count). The van der Waals surface area contributed by atoms with Gasteiger partial charge >= 0.3 is 12.1 Å². The smallest absolute Gasteiger partial charge is 0.410 e. The molecular formula is C32H40F2N4O4. The summed E-state index contributed by atoms with van der Waals surface area (Å²) in [6, 6.07) is 12.6. The van der Waals surface area contributed by atoms with E-state index in [9.17, 15) is 23.5 Å². The Labute approximate surface area is 245 Å². The number of benzene rings is 2. The first-order valence-electron chi connectivity index (χ1n) is 14.1. The lowest BCUT2D eigenvalue weighted by Crippen LogP contribution is -2.40. The predicted molar refractivity (Wildman–Crippen MR) is 156 cm³/mol. The van der Waals surface area contributed by atoms with Crippen LogP contribution < -0.4 is 5.32 Å². The van der Waals surface area contributed by atoms with Crippen molar-refractivity contribution in [2.75, 3.05) is 19.6 Å². The van der Waals surface area contributed by atoms with Crippen LogP contribution in [0.2, 0.25) is 0 Å². The number of nitrogens with zero attached hydrogens (tertiary/aromatic N) is 3. The van der Waals surface area contributed by atoms with E-state index in [0.29, 0.717) is 24.6 Å². The van der Waals surface area contributed by atoms with Gasteiger partial charge in [-0.05, 0) is 49.9 Å². The minimum atomic E-state index is -0.977. The number of nitrogens with one attached hydrogen (secondary N) is 1. The molecule has 0 bridgehead atoms. The lowest BCUT2D eigenvalue weighted by Gasteiger charge is -2.33. The number of likely N-dealkylation sites (tertiary alicyclic amines) is 1. The van der Waals surface area contributed by atoms with Crippen LogP contribution in [0.4, 0.5) is 13.6 Å². The molecular weight excluding hydrogens is 542 g/mol. The number of carbonyl (C=O) groups is 2. The van der Waals surface area contributed by atoms with Crippen LogP contribution >= 0.6 is 0 Å². The van der Waals surface area contributed by atoms with E-state index in [4.69, 9.17) is 9.72 Å². The Morgan fingerprint density at radius 1 is 1.07 bits per heavy atom. The summed E-state index contributed by atoms with van der Waals surface area (Å²) in [5.41, 5.74) is 0.266. The molecule has 0 aliphatic carbocycles. The molecule has 2 heterocycles. The van der Waals surface area contributed by atoms with Crippen LogP contribution in [0.5, 0.6) is 0 Å². The van der Waals surface area contributed by atoms with Crippen molar-refractivity contribution in [3.05, 3.63) is 77.8 Å². The molecule has 42 heavy (non-hydrogen) atoms. The largest absolute Gasteiger partial charge is 0.481 e. The second-order valence-corrected chi connectivity index (χ2v) is 13.0. The van der Waals surface area contributed by atoms with E-state index in [0.717, 1.165) is 23.8 Å². The lowest BCUT2D eigenvalue weighted by atomic mass is 9.85. The minimum absolute atomic E-state index is 0.0579. The third-order valence-electron chi connectivity index (χ3n) is 7.33. The number of imidazole rings is 1. The molecule has 226 valence electrons. The van der Waals surface area contributed by atoms with Crippen LogP contribution in [0.3, 0.4) is 0 Å². The Hall–Kier alpha value is -3.79. The second kappa shape index (κ2) is 12.2. The first kappa shape index (κ1) is 31.2. The molecule has 1 saturated heterocycles. The highest BCUT2D eigenvalue weighted by molar-refractivity contribution is 5.74. The summed E-state index contributed by atoms with van der Waals surface area (Å²) < 4.78 is 36.3. The molecule has 10 heteroatoms. The SMILES string of the molecule is CC(C)(C)OC(=O)N1CC(CN[C@@H](c2nc(-c3cc(F)ccc3F)cn2Cc2ccccc2)C(C)(C)C)C(C(=O)O)C1. The second-order valence-electron chi connectivity index (χ2n) is 13.0. The first-order chi connectivity index (χ1) is 19.6. The lowest BCUT2D eigenvalue weighted by molar-refractivity contribution is -0.142. The molecule has 0 spiro atoms. The molecule has 1 aliphatic heterocycles. The van der Waals surface area contributed by atoms with E-state index < -0.39 is 46.7 Å². The maximum Gasteiger partial charge on any atom is 0.410 e. The summed E-state index contributed by atoms with van der Waals surface area (Å²) in [6.07, 6.45) is 1.18. The van der Waals surface area contributed by atoms with Crippen LogP contribution in [0.15, 0.2) is 54.7 Å². The average molecular weight is 583 g/mol. The zero-order valence-electron chi connectivity index (χ0n) is 25.0. The Balaban J connectivity index is 1.66. The predicted octanol–water partition coefficient (Wildman–Crippen LogP) is 6.12. The van der Waals surface area contributed by atoms with Gasteiger partial charge in [0, 0.05) is 43.9 Å². The van der Waals surface area contributed by atoms with Gasteiger partial charge in [0.05, 0.1) is 17.7 Å². The Morgan fingerprint density at radius 2 is 1.76 bits per heavy atom. The molecule has 1 fully saturated rings. The van der Waals surface area contributed by atoms with Gasteiger partial charge in [-0.2, -0.15) is 0 Å². The quantitative estimate of drug-likeness (QED) is 0.332. The van der Waals surface area contributed by atoms with Crippen LogP contribution in [-0.2, 0) is 16.1 Å². The molecule has 0 saturated carbocycles. The summed E-state index contributed by atoms with van der Waals surface area (Å²) >= 11 is 0. The van der Waals surface area contributed by atoms with E-state index in [1.165, 1.54) is 4.90 Å². The van der Waals surface area contributed by atoms with Gasteiger partial charge in [0.25, 0.3) is 0 Å². The van der Waals surface area contributed by atoms with E-state index in [2.05, 4.69) is 5.32 Å². The van der Waals surface area contributed by atoms with Crippen LogP contribution in [0, 0.1) is 28.9 Å². The van der Waals surface area contributed by atoms with Gasteiger partial charge in [-0.25, -0.2) is 18.6 Å². The topological polar surface area (TPSA) is 96.7 Å². The van der Waals surface area contributed by atoms with Gasteiger partial charge in [0.1, 0.15) is 23.1 Å². The van der Waals surface area contributed by atoms with Crippen molar-refractivity contribution in [1.82, 2.24) is 19.8 Å². The number of carbonyl (C=O) groups excluding carboxylic acids is 1. The van der Waals surface area contributed by atoms with Gasteiger partial charge in [0.2, 0.25) is 0 Å². The molecule has 1 amide bonds. The van der Waals surface area contributed by atoms with Gasteiger partial charge in [0.15, 0.2) is 0 Å². The van der Waals surface area contributed by atoms with E-state index in [1.807, 2.05) is 55.7 Å². The fraction of sp³-hybridized carbons (Fsp3) is 0.469. The molecule has 2 unspecified atom stereocenters. The van der Waals surface area contributed by atoms with Gasteiger partial charge < -0.3 is 24.6 Å². The molecule has 2 aromatic carbocycles. The fourth-order valence-electron chi connectivity index (χ4n) is 5.28. The maximum atomic E-state index is 14.8. The van der Waals surface area contributed by atoms with Gasteiger partial charge in [-0.1, -0.05) is 51.1 Å². The van der Waals surface area contributed by atoms with E-state index in [1.54, 1.807) is 27.0 Å².